The average Bonchev–Trinajstić information content (AvgIpc) is 2.83. The number of urea groups is 1. The van der Waals surface area contributed by atoms with Gasteiger partial charge in [0, 0.05) is 12.4 Å². The maximum absolute atomic E-state index is 11.5. The molecule has 1 saturated carbocycles. The molecule has 1 aliphatic rings. The number of amides is 2. The standard InChI is InChI=1S/C13H17N3O/c17-13(16-12-6-3-8-14-10-12)15-9-7-11-4-1-2-5-11/h3,6-11H,1-2,4-5H2,(H2,15,16,17)/b9-7+. The van der Waals surface area contributed by atoms with Crippen LogP contribution >= 0.6 is 0 Å². The molecular formula is C13H17N3O. The van der Waals surface area contributed by atoms with Crippen LogP contribution in [0.5, 0.6) is 0 Å². The van der Waals surface area contributed by atoms with E-state index in [4.69, 9.17) is 0 Å². The van der Waals surface area contributed by atoms with Crippen LogP contribution in [0.4, 0.5) is 10.5 Å². The van der Waals surface area contributed by atoms with E-state index in [1.165, 1.54) is 25.7 Å². The summed E-state index contributed by atoms with van der Waals surface area (Å²) in [5.41, 5.74) is 0.694. The summed E-state index contributed by atoms with van der Waals surface area (Å²) in [5, 5.41) is 5.40. The molecule has 17 heavy (non-hydrogen) atoms. The number of carbonyl (C=O) groups excluding carboxylic acids is 1. The van der Waals surface area contributed by atoms with Gasteiger partial charge in [-0.3, -0.25) is 4.98 Å². The molecule has 2 amide bonds. The minimum atomic E-state index is -0.229. The number of hydrogen-bond acceptors (Lipinski definition) is 2. The van der Waals surface area contributed by atoms with Gasteiger partial charge in [-0.1, -0.05) is 18.9 Å². The van der Waals surface area contributed by atoms with Gasteiger partial charge >= 0.3 is 6.03 Å². The van der Waals surface area contributed by atoms with Gasteiger partial charge in [0.15, 0.2) is 0 Å². The molecule has 0 radical (unpaired) electrons. The van der Waals surface area contributed by atoms with Gasteiger partial charge in [-0.25, -0.2) is 4.79 Å². The minimum absolute atomic E-state index is 0.229. The Hall–Kier alpha value is -1.84. The van der Waals surface area contributed by atoms with E-state index in [9.17, 15) is 4.79 Å². The highest BCUT2D eigenvalue weighted by Crippen LogP contribution is 2.25. The fourth-order valence-corrected chi connectivity index (χ4v) is 2.01. The molecule has 1 heterocycles. The van der Waals surface area contributed by atoms with Crippen molar-refractivity contribution in [2.45, 2.75) is 25.7 Å². The Morgan fingerprint density at radius 3 is 2.94 bits per heavy atom. The number of nitrogens with one attached hydrogen (secondary N) is 2. The van der Waals surface area contributed by atoms with Gasteiger partial charge in [0.2, 0.25) is 0 Å². The Labute approximate surface area is 101 Å². The van der Waals surface area contributed by atoms with Crippen molar-refractivity contribution in [1.82, 2.24) is 10.3 Å². The third-order valence-electron chi connectivity index (χ3n) is 2.90. The van der Waals surface area contributed by atoms with Crippen LogP contribution in [-0.2, 0) is 0 Å². The smallest absolute Gasteiger partial charge is 0.315 e. The minimum Gasteiger partial charge on any atom is -0.315 e. The van der Waals surface area contributed by atoms with Crippen LogP contribution in [0.15, 0.2) is 36.8 Å². The zero-order chi connectivity index (χ0) is 11.9. The van der Waals surface area contributed by atoms with Gasteiger partial charge in [-0.15, -0.1) is 0 Å². The molecule has 0 bridgehead atoms. The van der Waals surface area contributed by atoms with Crippen LogP contribution in [0.1, 0.15) is 25.7 Å². The zero-order valence-electron chi connectivity index (χ0n) is 9.73. The van der Waals surface area contributed by atoms with E-state index in [2.05, 4.69) is 21.7 Å². The summed E-state index contributed by atoms with van der Waals surface area (Å²) < 4.78 is 0. The van der Waals surface area contributed by atoms with Crippen LogP contribution in [0, 0.1) is 5.92 Å². The van der Waals surface area contributed by atoms with Crippen molar-refractivity contribution in [2.24, 2.45) is 5.92 Å². The molecule has 0 aliphatic heterocycles. The lowest BCUT2D eigenvalue weighted by Gasteiger charge is -2.04. The first-order chi connectivity index (χ1) is 8.34. The van der Waals surface area contributed by atoms with Crippen LogP contribution < -0.4 is 10.6 Å². The van der Waals surface area contributed by atoms with Crippen LogP contribution in [0.25, 0.3) is 0 Å². The van der Waals surface area contributed by atoms with Gasteiger partial charge in [0.05, 0.1) is 11.9 Å². The maximum Gasteiger partial charge on any atom is 0.323 e. The number of pyridine rings is 1. The molecule has 0 atom stereocenters. The van der Waals surface area contributed by atoms with Gasteiger partial charge in [0.1, 0.15) is 0 Å². The highest BCUT2D eigenvalue weighted by atomic mass is 16.2. The van der Waals surface area contributed by atoms with E-state index < -0.39 is 0 Å². The fraction of sp³-hybridized carbons (Fsp3) is 0.385. The molecule has 1 aromatic rings. The molecule has 0 saturated heterocycles. The lowest BCUT2D eigenvalue weighted by atomic mass is 10.1. The van der Waals surface area contributed by atoms with Crippen molar-refractivity contribution in [3.8, 4) is 0 Å². The summed E-state index contributed by atoms with van der Waals surface area (Å²) in [5.74, 6) is 0.633. The number of aromatic nitrogens is 1. The third-order valence-corrected chi connectivity index (χ3v) is 2.90. The molecule has 1 aliphatic carbocycles. The summed E-state index contributed by atoms with van der Waals surface area (Å²) in [6, 6.07) is 3.35. The first-order valence-corrected chi connectivity index (χ1v) is 5.99. The van der Waals surface area contributed by atoms with Crippen LogP contribution in [-0.4, -0.2) is 11.0 Å². The Morgan fingerprint density at radius 2 is 2.24 bits per heavy atom. The molecule has 2 rings (SSSR count). The Kier molecular flexibility index (Phi) is 4.13. The molecule has 0 spiro atoms. The Balaban J connectivity index is 1.74. The third kappa shape index (κ3) is 3.90. The van der Waals surface area contributed by atoms with Crippen molar-refractivity contribution in [1.29, 1.82) is 0 Å². The van der Waals surface area contributed by atoms with Crippen molar-refractivity contribution in [2.75, 3.05) is 5.32 Å². The van der Waals surface area contributed by atoms with Crippen LogP contribution in [0.3, 0.4) is 0 Å². The first-order valence-electron chi connectivity index (χ1n) is 5.99. The highest BCUT2D eigenvalue weighted by molar-refractivity contribution is 5.89. The summed E-state index contributed by atoms with van der Waals surface area (Å²) in [6.07, 6.45) is 12.2. The average molecular weight is 231 g/mol. The van der Waals surface area contributed by atoms with Gasteiger partial charge in [-0.2, -0.15) is 0 Å². The molecule has 4 heteroatoms. The second-order valence-electron chi connectivity index (χ2n) is 4.24. The van der Waals surface area contributed by atoms with Crippen molar-refractivity contribution in [3.05, 3.63) is 36.8 Å². The molecule has 1 aromatic heterocycles. The number of allylic oxidation sites excluding steroid dienone is 1. The fourth-order valence-electron chi connectivity index (χ4n) is 2.01. The highest BCUT2D eigenvalue weighted by Gasteiger charge is 2.11. The Bertz CT molecular complexity index is 383. The number of rotatable bonds is 3. The van der Waals surface area contributed by atoms with E-state index in [-0.39, 0.29) is 6.03 Å². The van der Waals surface area contributed by atoms with E-state index in [0.29, 0.717) is 11.6 Å². The van der Waals surface area contributed by atoms with Crippen LogP contribution in [0.2, 0.25) is 0 Å². The summed E-state index contributed by atoms with van der Waals surface area (Å²) in [6.45, 7) is 0. The number of hydrogen-bond donors (Lipinski definition) is 2. The molecule has 1 fully saturated rings. The predicted octanol–water partition coefficient (Wildman–Crippen LogP) is 2.91. The molecular weight excluding hydrogens is 214 g/mol. The number of nitrogens with zero attached hydrogens (tertiary/aromatic N) is 1. The Morgan fingerprint density at radius 1 is 1.41 bits per heavy atom. The lowest BCUT2D eigenvalue weighted by Crippen LogP contribution is -2.24. The van der Waals surface area contributed by atoms with Crippen molar-refractivity contribution < 1.29 is 4.79 Å². The van der Waals surface area contributed by atoms with E-state index >= 15 is 0 Å². The topological polar surface area (TPSA) is 54.0 Å². The molecule has 0 unspecified atom stereocenters. The molecule has 90 valence electrons. The summed E-state index contributed by atoms with van der Waals surface area (Å²) >= 11 is 0. The van der Waals surface area contributed by atoms with Crippen molar-refractivity contribution in [3.63, 3.8) is 0 Å². The van der Waals surface area contributed by atoms with Gasteiger partial charge in [-0.05, 0) is 30.9 Å². The quantitative estimate of drug-likeness (QED) is 0.840. The normalized spacial score (nSPS) is 16.2. The van der Waals surface area contributed by atoms with Crippen molar-refractivity contribution >= 4 is 11.7 Å². The van der Waals surface area contributed by atoms with Gasteiger partial charge < -0.3 is 10.6 Å². The van der Waals surface area contributed by atoms with E-state index in [0.717, 1.165) is 0 Å². The molecule has 2 N–H and O–H groups in total. The van der Waals surface area contributed by atoms with Gasteiger partial charge in [0.25, 0.3) is 0 Å². The first kappa shape index (κ1) is 11.6. The molecule has 0 aromatic carbocycles. The number of carbonyl (C=O) groups is 1. The second kappa shape index (κ2) is 6.03. The maximum atomic E-state index is 11.5. The lowest BCUT2D eigenvalue weighted by molar-refractivity contribution is 0.255. The summed E-state index contributed by atoms with van der Waals surface area (Å²) in [7, 11) is 0. The largest absolute Gasteiger partial charge is 0.323 e. The zero-order valence-corrected chi connectivity index (χ0v) is 9.73. The SMILES string of the molecule is O=C(N/C=C/C1CCCC1)Nc1cccnc1. The summed E-state index contributed by atoms with van der Waals surface area (Å²) in [4.78, 5) is 15.4. The molecule has 4 nitrogen and oxygen atoms in total. The predicted molar refractivity (Wildman–Crippen MR) is 67.5 cm³/mol. The number of anilines is 1. The van der Waals surface area contributed by atoms with E-state index in [1.54, 1.807) is 30.7 Å². The monoisotopic (exact) mass is 231 g/mol. The second-order valence-corrected chi connectivity index (χ2v) is 4.24. The van der Waals surface area contributed by atoms with E-state index in [1.807, 2.05) is 0 Å².